The summed E-state index contributed by atoms with van der Waals surface area (Å²) in [5.41, 5.74) is 1.14. The van der Waals surface area contributed by atoms with Gasteiger partial charge in [0.05, 0.1) is 13.2 Å². The molecule has 0 aliphatic heterocycles. The molecule has 0 aliphatic rings. The lowest BCUT2D eigenvalue weighted by Crippen LogP contribution is -2.15. The molecule has 1 aromatic carbocycles. The van der Waals surface area contributed by atoms with E-state index in [1.54, 1.807) is 7.11 Å². The molecule has 0 fully saturated rings. The first kappa shape index (κ1) is 15.0. The Labute approximate surface area is 110 Å². The highest BCUT2D eigenvalue weighted by molar-refractivity contribution is 5.33. The minimum Gasteiger partial charge on any atom is -0.496 e. The van der Waals surface area contributed by atoms with Crippen LogP contribution in [-0.2, 0) is 11.2 Å². The molecule has 1 atom stereocenters. The van der Waals surface area contributed by atoms with E-state index in [2.05, 4.69) is 0 Å². The Kier molecular flexibility index (Phi) is 6.76. The second-order valence-corrected chi connectivity index (χ2v) is 4.77. The number of hydrogen-bond acceptors (Lipinski definition) is 3. The number of aliphatic hydroxyl groups excluding tert-OH is 1. The first-order valence-electron chi connectivity index (χ1n) is 6.51. The summed E-state index contributed by atoms with van der Waals surface area (Å²) >= 11 is 0. The highest BCUT2D eigenvalue weighted by Crippen LogP contribution is 2.22. The summed E-state index contributed by atoms with van der Waals surface area (Å²) in [6, 6.07) is 7.95. The van der Waals surface area contributed by atoms with Crippen LogP contribution in [0.15, 0.2) is 24.3 Å². The molecule has 0 saturated carbocycles. The molecule has 102 valence electrons. The highest BCUT2D eigenvalue weighted by atomic mass is 16.5. The average molecular weight is 252 g/mol. The van der Waals surface area contributed by atoms with E-state index >= 15 is 0 Å². The van der Waals surface area contributed by atoms with E-state index in [-0.39, 0.29) is 18.6 Å². The Bertz CT molecular complexity index is 336. The molecule has 3 nitrogen and oxygen atoms in total. The van der Waals surface area contributed by atoms with E-state index in [1.165, 1.54) is 0 Å². The van der Waals surface area contributed by atoms with Gasteiger partial charge >= 0.3 is 0 Å². The third-order valence-corrected chi connectivity index (χ3v) is 2.94. The molecule has 1 rings (SSSR count). The fraction of sp³-hybridized carbons (Fsp3) is 0.600. The maximum absolute atomic E-state index is 9.42. The molecule has 3 heteroatoms. The zero-order chi connectivity index (χ0) is 13.4. The van der Waals surface area contributed by atoms with Gasteiger partial charge < -0.3 is 14.6 Å². The van der Waals surface area contributed by atoms with Gasteiger partial charge in [-0.05, 0) is 44.2 Å². The molecule has 0 aliphatic carbocycles. The summed E-state index contributed by atoms with van der Waals surface area (Å²) in [6.07, 6.45) is 1.94. The van der Waals surface area contributed by atoms with E-state index in [9.17, 15) is 5.11 Å². The van der Waals surface area contributed by atoms with Crippen molar-refractivity contribution in [3.8, 4) is 5.75 Å². The summed E-state index contributed by atoms with van der Waals surface area (Å²) in [5, 5.41) is 9.42. The number of rotatable bonds is 8. The van der Waals surface area contributed by atoms with Crippen LogP contribution in [-0.4, -0.2) is 31.5 Å². The highest BCUT2D eigenvalue weighted by Gasteiger charge is 2.12. The third kappa shape index (κ3) is 5.07. The molecule has 0 amide bonds. The fourth-order valence-electron chi connectivity index (χ4n) is 1.91. The van der Waals surface area contributed by atoms with Gasteiger partial charge in [-0.1, -0.05) is 18.2 Å². The number of benzene rings is 1. The van der Waals surface area contributed by atoms with Crippen molar-refractivity contribution in [2.75, 3.05) is 20.3 Å². The molecule has 0 heterocycles. The molecule has 0 radical (unpaired) electrons. The Hall–Kier alpha value is -1.06. The third-order valence-electron chi connectivity index (χ3n) is 2.94. The van der Waals surface area contributed by atoms with Crippen molar-refractivity contribution in [3.63, 3.8) is 0 Å². The van der Waals surface area contributed by atoms with Gasteiger partial charge in [0.1, 0.15) is 5.75 Å². The van der Waals surface area contributed by atoms with E-state index in [4.69, 9.17) is 9.47 Å². The van der Waals surface area contributed by atoms with Crippen molar-refractivity contribution >= 4 is 0 Å². The van der Waals surface area contributed by atoms with E-state index < -0.39 is 0 Å². The quantitative estimate of drug-likeness (QED) is 0.773. The average Bonchev–Trinajstić information content (AvgIpc) is 2.37. The van der Waals surface area contributed by atoms with Crippen LogP contribution in [0.5, 0.6) is 5.75 Å². The zero-order valence-corrected chi connectivity index (χ0v) is 11.6. The normalized spacial score (nSPS) is 12.7. The monoisotopic (exact) mass is 252 g/mol. The first-order valence-corrected chi connectivity index (χ1v) is 6.51. The van der Waals surface area contributed by atoms with Gasteiger partial charge in [-0.15, -0.1) is 0 Å². The number of aliphatic hydroxyl groups is 1. The Morgan fingerprint density at radius 3 is 2.56 bits per heavy atom. The van der Waals surface area contributed by atoms with Crippen molar-refractivity contribution in [2.45, 2.75) is 32.8 Å². The van der Waals surface area contributed by atoms with Crippen molar-refractivity contribution < 1.29 is 14.6 Å². The molecular weight excluding hydrogens is 228 g/mol. The predicted octanol–water partition coefficient (Wildman–Crippen LogP) is 2.66. The number of para-hydroxylation sites is 1. The van der Waals surface area contributed by atoms with Gasteiger partial charge in [-0.25, -0.2) is 0 Å². The second-order valence-electron chi connectivity index (χ2n) is 4.77. The fourth-order valence-corrected chi connectivity index (χ4v) is 1.91. The lowest BCUT2D eigenvalue weighted by Gasteiger charge is -2.17. The summed E-state index contributed by atoms with van der Waals surface area (Å²) in [6.45, 7) is 4.92. The Morgan fingerprint density at radius 1 is 1.22 bits per heavy atom. The van der Waals surface area contributed by atoms with Crippen molar-refractivity contribution in [2.24, 2.45) is 5.92 Å². The summed E-state index contributed by atoms with van der Waals surface area (Å²) in [7, 11) is 1.68. The topological polar surface area (TPSA) is 38.7 Å². The Balaban J connectivity index is 2.51. The molecule has 0 saturated heterocycles. The first-order chi connectivity index (χ1) is 8.67. The molecule has 1 unspecified atom stereocenters. The van der Waals surface area contributed by atoms with Crippen molar-refractivity contribution in [1.29, 1.82) is 0 Å². The van der Waals surface area contributed by atoms with Crippen LogP contribution in [0.4, 0.5) is 0 Å². The molecule has 0 spiro atoms. The van der Waals surface area contributed by atoms with E-state index in [1.807, 2.05) is 38.1 Å². The lowest BCUT2D eigenvalue weighted by atomic mass is 9.96. The van der Waals surface area contributed by atoms with Crippen LogP contribution < -0.4 is 4.74 Å². The number of hydrogen-bond donors (Lipinski definition) is 1. The smallest absolute Gasteiger partial charge is 0.122 e. The lowest BCUT2D eigenvalue weighted by molar-refractivity contribution is 0.0611. The van der Waals surface area contributed by atoms with Gasteiger partial charge in [-0.2, -0.15) is 0 Å². The summed E-state index contributed by atoms with van der Waals surface area (Å²) in [4.78, 5) is 0. The largest absolute Gasteiger partial charge is 0.496 e. The maximum Gasteiger partial charge on any atom is 0.122 e. The number of methoxy groups -OCH3 is 1. The van der Waals surface area contributed by atoms with Crippen LogP contribution in [0, 0.1) is 5.92 Å². The summed E-state index contributed by atoms with van der Waals surface area (Å²) < 4.78 is 10.8. The molecule has 18 heavy (non-hydrogen) atoms. The van der Waals surface area contributed by atoms with Crippen LogP contribution in [0.3, 0.4) is 0 Å². The molecule has 0 aromatic heterocycles. The Morgan fingerprint density at radius 2 is 1.94 bits per heavy atom. The van der Waals surface area contributed by atoms with Crippen LogP contribution in [0.25, 0.3) is 0 Å². The summed E-state index contributed by atoms with van der Waals surface area (Å²) in [5.74, 6) is 1.11. The minimum absolute atomic E-state index is 0.180. The minimum atomic E-state index is 0.180. The SMILES string of the molecule is COc1ccccc1CC(CO)CCOC(C)C. The van der Waals surface area contributed by atoms with Gasteiger partial charge in [0.15, 0.2) is 0 Å². The molecular formula is C15H24O3. The molecule has 1 aromatic rings. The van der Waals surface area contributed by atoms with Crippen molar-refractivity contribution in [1.82, 2.24) is 0 Å². The van der Waals surface area contributed by atoms with Gasteiger partial charge in [-0.3, -0.25) is 0 Å². The zero-order valence-electron chi connectivity index (χ0n) is 11.6. The van der Waals surface area contributed by atoms with Crippen LogP contribution >= 0.6 is 0 Å². The van der Waals surface area contributed by atoms with E-state index in [0.29, 0.717) is 6.61 Å². The van der Waals surface area contributed by atoms with Crippen LogP contribution in [0.1, 0.15) is 25.8 Å². The van der Waals surface area contributed by atoms with Gasteiger partial charge in [0, 0.05) is 13.2 Å². The van der Waals surface area contributed by atoms with Gasteiger partial charge in [0.2, 0.25) is 0 Å². The molecule has 0 bridgehead atoms. The van der Waals surface area contributed by atoms with E-state index in [0.717, 1.165) is 24.2 Å². The van der Waals surface area contributed by atoms with Crippen molar-refractivity contribution in [3.05, 3.63) is 29.8 Å². The second kappa shape index (κ2) is 8.11. The maximum atomic E-state index is 9.42. The van der Waals surface area contributed by atoms with Crippen LogP contribution in [0.2, 0.25) is 0 Å². The van der Waals surface area contributed by atoms with Gasteiger partial charge in [0.25, 0.3) is 0 Å². The standard InChI is InChI=1S/C15H24O3/c1-12(2)18-9-8-13(11-16)10-14-6-4-5-7-15(14)17-3/h4-7,12-13,16H,8-11H2,1-3H3. The molecule has 1 N–H and O–H groups in total. The number of ether oxygens (including phenoxy) is 2. The predicted molar refractivity (Wildman–Crippen MR) is 73.0 cm³/mol.